The number of furan rings is 1. The van der Waals surface area contributed by atoms with Crippen molar-refractivity contribution in [2.45, 2.75) is 19.3 Å². The number of imidazole rings is 1. The summed E-state index contributed by atoms with van der Waals surface area (Å²) in [7, 11) is 1.98. The Balaban J connectivity index is 1.50. The highest BCUT2D eigenvalue weighted by Crippen LogP contribution is 2.20. The summed E-state index contributed by atoms with van der Waals surface area (Å²) >= 11 is 3.15. The van der Waals surface area contributed by atoms with Gasteiger partial charge < -0.3 is 19.2 Å². The van der Waals surface area contributed by atoms with E-state index < -0.39 is 0 Å². The smallest absolute Gasteiger partial charge is 0.287 e. The number of aryl methyl sites for hydroxylation is 1. The highest BCUT2D eigenvalue weighted by Gasteiger charge is 2.25. The number of likely N-dealkylation sites (tertiary alicyclic amines) is 1. The molecule has 0 bridgehead atoms. The van der Waals surface area contributed by atoms with Crippen LogP contribution < -0.4 is 5.32 Å². The Morgan fingerprint density at radius 2 is 2.28 bits per heavy atom. The largest absolute Gasteiger partial charge is 0.444 e. The van der Waals surface area contributed by atoms with Crippen molar-refractivity contribution in [2.75, 3.05) is 19.6 Å². The summed E-state index contributed by atoms with van der Waals surface area (Å²) in [5.74, 6) is 1.17. The van der Waals surface area contributed by atoms with Gasteiger partial charge in [0.15, 0.2) is 10.4 Å². The average Bonchev–Trinajstić information content (AvgIpc) is 3.21. The number of carbonyl (C=O) groups is 2. The second-order valence-corrected chi connectivity index (χ2v) is 7.07. The molecule has 1 aliphatic rings. The monoisotopic (exact) mass is 408 g/mol. The molecule has 1 aliphatic heterocycles. The predicted molar refractivity (Wildman–Crippen MR) is 95.0 cm³/mol. The highest BCUT2D eigenvalue weighted by molar-refractivity contribution is 9.10. The quantitative estimate of drug-likeness (QED) is 0.819. The second-order valence-electron chi connectivity index (χ2n) is 6.29. The number of nitrogens with one attached hydrogen (secondary N) is 1. The molecule has 1 N–H and O–H groups in total. The first kappa shape index (κ1) is 17.7. The summed E-state index contributed by atoms with van der Waals surface area (Å²) in [4.78, 5) is 30.5. The van der Waals surface area contributed by atoms with Crippen LogP contribution in [0.2, 0.25) is 0 Å². The molecule has 0 radical (unpaired) electrons. The number of carbonyl (C=O) groups excluding carboxylic acids is 2. The molecular formula is C17H21BrN4O3. The Morgan fingerprint density at radius 1 is 1.44 bits per heavy atom. The van der Waals surface area contributed by atoms with Gasteiger partial charge in [0.2, 0.25) is 5.91 Å². The van der Waals surface area contributed by atoms with Crippen molar-refractivity contribution in [3.8, 4) is 0 Å². The summed E-state index contributed by atoms with van der Waals surface area (Å²) in [5.41, 5.74) is 0. The molecule has 1 saturated heterocycles. The highest BCUT2D eigenvalue weighted by atomic mass is 79.9. The Kier molecular flexibility index (Phi) is 5.57. The maximum Gasteiger partial charge on any atom is 0.287 e. The molecule has 134 valence electrons. The van der Waals surface area contributed by atoms with E-state index in [1.165, 1.54) is 0 Å². The standard InChI is InChI=1S/C17H21BrN4O3/c1-21-8-6-19-15(21)9-12-3-2-7-22(11-12)16(23)10-20-17(24)13-4-5-14(18)25-13/h4-6,8,12H,2-3,7,9-11H2,1H3,(H,20,24)/t12-/m0/s1. The summed E-state index contributed by atoms with van der Waals surface area (Å²) in [5, 5.41) is 2.62. The zero-order chi connectivity index (χ0) is 17.8. The van der Waals surface area contributed by atoms with Gasteiger partial charge in [0.1, 0.15) is 5.82 Å². The molecule has 3 rings (SSSR count). The van der Waals surface area contributed by atoms with E-state index in [2.05, 4.69) is 26.2 Å². The van der Waals surface area contributed by atoms with Crippen LogP contribution in [0.3, 0.4) is 0 Å². The predicted octanol–water partition coefficient (Wildman–Crippen LogP) is 1.99. The molecule has 7 nitrogen and oxygen atoms in total. The van der Waals surface area contributed by atoms with Crippen molar-refractivity contribution in [1.29, 1.82) is 0 Å². The van der Waals surface area contributed by atoms with Crippen molar-refractivity contribution >= 4 is 27.7 Å². The van der Waals surface area contributed by atoms with Crippen LogP contribution in [0.25, 0.3) is 0 Å². The molecular weight excluding hydrogens is 388 g/mol. The first-order valence-electron chi connectivity index (χ1n) is 8.30. The molecule has 3 heterocycles. The first-order valence-corrected chi connectivity index (χ1v) is 9.09. The number of hydrogen-bond acceptors (Lipinski definition) is 4. The molecule has 1 fully saturated rings. The van der Waals surface area contributed by atoms with Crippen LogP contribution in [0.1, 0.15) is 29.2 Å². The molecule has 2 amide bonds. The van der Waals surface area contributed by atoms with Gasteiger partial charge >= 0.3 is 0 Å². The van der Waals surface area contributed by atoms with Crippen LogP contribution >= 0.6 is 15.9 Å². The van der Waals surface area contributed by atoms with E-state index in [-0.39, 0.29) is 24.1 Å². The molecule has 2 aromatic rings. The van der Waals surface area contributed by atoms with Crippen molar-refractivity contribution in [3.63, 3.8) is 0 Å². The van der Waals surface area contributed by atoms with Gasteiger partial charge in [0.05, 0.1) is 6.54 Å². The molecule has 0 saturated carbocycles. The summed E-state index contributed by atoms with van der Waals surface area (Å²) in [6.45, 7) is 1.41. The number of rotatable bonds is 5. The van der Waals surface area contributed by atoms with Gasteiger partial charge in [0, 0.05) is 39.0 Å². The summed E-state index contributed by atoms with van der Waals surface area (Å²) < 4.78 is 7.68. The number of halogens is 1. The summed E-state index contributed by atoms with van der Waals surface area (Å²) in [6, 6.07) is 3.21. The zero-order valence-corrected chi connectivity index (χ0v) is 15.7. The number of hydrogen-bond donors (Lipinski definition) is 1. The van der Waals surface area contributed by atoms with E-state index in [9.17, 15) is 9.59 Å². The lowest BCUT2D eigenvalue weighted by Crippen LogP contribution is -2.45. The van der Waals surface area contributed by atoms with Gasteiger partial charge in [-0.2, -0.15) is 0 Å². The maximum atomic E-state index is 12.4. The lowest BCUT2D eigenvalue weighted by atomic mass is 9.94. The third-order valence-corrected chi connectivity index (χ3v) is 4.89. The lowest BCUT2D eigenvalue weighted by molar-refractivity contribution is -0.131. The Bertz CT molecular complexity index is 755. The minimum Gasteiger partial charge on any atom is -0.444 e. The fraction of sp³-hybridized carbons (Fsp3) is 0.471. The molecule has 1 atom stereocenters. The van der Waals surface area contributed by atoms with E-state index in [4.69, 9.17) is 4.42 Å². The average molecular weight is 409 g/mol. The van der Waals surface area contributed by atoms with E-state index in [1.807, 2.05) is 22.7 Å². The van der Waals surface area contributed by atoms with Crippen molar-refractivity contribution < 1.29 is 14.0 Å². The van der Waals surface area contributed by atoms with Crippen molar-refractivity contribution in [1.82, 2.24) is 19.8 Å². The first-order chi connectivity index (χ1) is 12.0. The Labute approximate surface area is 154 Å². The normalized spacial score (nSPS) is 17.5. The number of aromatic nitrogens is 2. The van der Waals surface area contributed by atoms with Crippen LogP contribution in [0.15, 0.2) is 33.6 Å². The number of amides is 2. The van der Waals surface area contributed by atoms with Crippen molar-refractivity contribution in [3.05, 3.63) is 40.8 Å². The van der Waals surface area contributed by atoms with Gasteiger partial charge in [0.25, 0.3) is 5.91 Å². The van der Waals surface area contributed by atoms with Crippen LogP contribution in [0.4, 0.5) is 0 Å². The minimum atomic E-state index is -0.388. The summed E-state index contributed by atoms with van der Waals surface area (Å²) in [6.07, 6.45) is 6.65. The Morgan fingerprint density at radius 3 is 2.96 bits per heavy atom. The molecule has 0 spiro atoms. The van der Waals surface area contributed by atoms with Gasteiger partial charge in [-0.25, -0.2) is 4.98 Å². The van der Waals surface area contributed by atoms with Gasteiger partial charge in [-0.05, 0) is 46.8 Å². The van der Waals surface area contributed by atoms with Crippen molar-refractivity contribution in [2.24, 2.45) is 13.0 Å². The van der Waals surface area contributed by atoms with E-state index in [0.29, 0.717) is 17.1 Å². The van der Waals surface area contributed by atoms with Crippen LogP contribution in [-0.2, 0) is 18.3 Å². The third-order valence-electron chi connectivity index (χ3n) is 4.46. The van der Waals surface area contributed by atoms with E-state index in [1.54, 1.807) is 18.3 Å². The van der Waals surface area contributed by atoms with Crippen LogP contribution in [-0.4, -0.2) is 45.9 Å². The zero-order valence-electron chi connectivity index (χ0n) is 14.1. The number of piperidine rings is 1. The van der Waals surface area contributed by atoms with Gasteiger partial charge in [-0.3, -0.25) is 9.59 Å². The molecule has 0 unspecified atom stereocenters. The minimum absolute atomic E-state index is 0.0216. The molecule has 2 aromatic heterocycles. The fourth-order valence-corrected chi connectivity index (χ4v) is 3.41. The third kappa shape index (κ3) is 4.50. The van der Waals surface area contributed by atoms with Crippen LogP contribution in [0.5, 0.6) is 0 Å². The maximum absolute atomic E-state index is 12.4. The molecule has 0 aromatic carbocycles. The SMILES string of the molecule is Cn1ccnc1C[C@@H]1CCCN(C(=O)CNC(=O)c2ccc(Br)o2)C1. The van der Waals surface area contributed by atoms with Crippen LogP contribution in [0, 0.1) is 5.92 Å². The molecule has 0 aliphatic carbocycles. The van der Waals surface area contributed by atoms with E-state index in [0.717, 1.165) is 31.6 Å². The topological polar surface area (TPSA) is 80.4 Å². The molecule has 8 heteroatoms. The fourth-order valence-electron chi connectivity index (χ4n) is 3.10. The van der Waals surface area contributed by atoms with E-state index >= 15 is 0 Å². The van der Waals surface area contributed by atoms with Gasteiger partial charge in [-0.1, -0.05) is 0 Å². The second kappa shape index (κ2) is 7.86. The number of nitrogens with zero attached hydrogens (tertiary/aromatic N) is 3. The lowest BCUT2D eigenvalue weighted by Gasteiger charge is -2.32. The molecule has 25 heavy (non-hydrogen) atoms. The Hall–Kier alpha value is -2.09. The van der Waals surface area contributed by atoms with Gasteiger partial charge in [-0.15, -0.1) is 0 Å².